The first-order valence-corrected chi connectivity index (χ1v) is 7.14. The van der Waals surface area contributed by atoms with Gasteiger partial charge in [0.25, 0.3) is 0 Å². The van der Waals surface area contributed by atoms with E-state index < -0.39 is 0 Å². The highest BCUT2D eigenvalue weighted by molar-refractivity contribution is 5.72. The SMILES string of the molecule is CC(=O)NCCc1ccccc1Oc1c(C)cccc1C. The Morgan fingerprint density at radius 3 is 2.38 bits per heavy atom. The van der Waals surface area contributed by atoms with Crippen LogP contribution in [0.25, 0.3) is 0 Å². The lowest BCUT2D eigenvalue weighted by Gasteiger charge is -2.15. The first kappa shape index (κ1) is 15.1. The highest BCUT2D eigenvalue weighted by Crippen LogP contribution is 2.30. The van der Waals surface area contributed by atoms with Crippen LogP contribution >= 0.6 is 0 Å². The number of hydrogen-bond donors (Lipinski definition) is 1. The number of benzene rings is 2. The average molecular weight is 283 g/mol. The van der Waals surface area contributed by atoms with Gasteiger partial charge in [-0.2, -0.15) is 0 Å². The highest BCUT2D eigenvalue weighted by atomic mass is 16.5. The van der Waals surface area contributed by atoms with Crippen LogP contribution in [0, 0.1) is 13.8 Å². The summed E-state index contributed by atoms with van der Waals surface area (Å²) < 4.78 is 6.12. The summed E-state index contributed by atoms with van der Waals surface area (Å²) in [6.07, 6.45) is 0.751. The van der Waals surface area contributed by atoms with Crippen LogP contribution in [-0.4, -0.2) is 12.5 Å². The van der Waals surface area contributed by atoms with Crippen LogP contribution in [0.15, 0.2) is 42.5 Å². The third-order valence-corrected chi connectivity index (χ3v) is 3.36. The number of amides is 1. The highest BCUT2D eigenvalue weighted by Gasteiger charge is 2.08. The van der Waals surface area contributed by atoms with E-state index in [0.717, 1.165) is 34.6 Å². The Balaban J connectivity index is 2.18. The topological polar surface area (TPSA) is 38.3 Å². The van der Waals surface area contributed by atoms with Crippen molar-refractivity contribution in [3.05, 3.63) is 59.2 Å². The molecule has 0 heterocycles. The first-order valence-electron chi connectivity index (χ1n) is 7.14. The number of rotatable bonds is 5. The van der Waals surface area contributed by atoms with E-state index >= 15 is 0 Å². The largest absolute Gasteiger partial charge is 0.457 e. The molecule has 3 heteroatoms. The summed E-state index contributed by atoms with van der Waals surface area (Å²) in [4.78, 5) is 11.0. The normalized spacial score (nSPS) is 10.2. The fourth-order valence-electron chi connectivity index (χ4n) is 2.25. The maximum Gasteiger partial charge on any atom is 0.216 e. The van der Waals surface area contributed by atoms with Gasteiger partial charge in [0.15, 0.2) is 0 Å². The molecule has 0 spiro atoms. The van der Waals surface area contributed by atoms with Crippen molar-refractivity contribution in [2.75, 3.05) is 6.54 Å². The van der Waals surface area contributed by atoms with Crippen LogP contribution in [-0.2, 0) is 11.2 Å². The standard InChI is InChI=1S/C18H21NO2/c1-13-7-6-8-14(2)18(13)21-17-10-5-4-9-16(17)11-12-19-15(3)20/h4-10H,11-12H2,1-3H3,(H,19,20). The molecule has 1 N–H and O–H groups in total. The molecule has 0 atom stereocenters. The van der Waals surface area contributed by atoms with E-state index in [1.807, 2.05) is 56.3 Å². The molecule has 2 aromatic rings. The van der Waals surface area contributed by atoms with Crippen LogP contribution in [0.3, 0.4) is 0 Å². The van der Waals surface area contributed by atoms with Crippen molar-refractivity contribution in [1.29, 1.82) is 0 Å². The Kier molecular flexibility index (Phi) is 4.99. The number of carbonyl (C=O) groups excluding carboxylic acids is 1. The van der Waals surface area contributed by atoms with Gasteiger partial charge in [-0.3, -0.25) is 4.79 Å². The third kappa shape index (κ3) is 4.09. The van der Waals surface area contributed by atoms with Crippen molar-refractivity contribution < 1.29 is 9.53 Å². The minimum absolute atomic E-state index is 0.0110. The second-order valence-electron chi connectivity index (χ2n) is 5.16. The molecule has 110 valence electrons. The Morgan fingerprint density at radius 2 is 1.71 bits per heavy atom. The number of aryl methyl sites for hydroxylation is 2. The number of ether oxygens (including phenoxy) is 1. The molecule has 0 aliphatic rings. The van der Waals surface area contributed by atoms with Gasteiger partial charge in [0.05, 0.1) is 0 Å². The van der Waals surface area contributed by atoms with Crippen molar-refractivity contribution in [1.82, 2.24) is 5.32 Å². The van der Waals surface area contributed by atoms with E-state index in [0.29, 0.717) is 6.54 Å². The van der Waals surface area contributed by atoms with Crippen molar-refractivity contribution in [3.8, 4) is 11.5 Å². The predicted molar refractivity (Wildman–Crippen MR) is 84.8 cm³/mol. The van der Waals surface area contributed by atoms with Gasteiger partial charge in [-0.1, -0.05) is 36.4 Å². The second-order valence-corrected chi connectivity index (χ2v) is 5.16. The Morgan fingerprint density at radius 1 is 1.05 bits per heavy atom. The number of carbonyl (C=O) groups is 1. The van der Waals surface area contributed by atoms with E-state index in [4.69, 9.17) is 4.74 Å². The maximum absolute atomic E-state index is 11.0. The molecular formula is C18H21NO2. The Hall–Kier alpha value is -2.29. The monoisotopic (exact) mass is 283 g/mol. The molecule has 0 aromatic heterocycles. The zero-order valence-corrected chi connectivity index (χ0v) is 12.8. The Labute approximate surface area is 126 Å². The van der Waals surface area contributed by atoms with Gasteiger partial charge in [0.2, 0.25) is 5.91 Å². The molecule has 0 saturated carbocycles. The van der Waals surface area contributed by atoms with Crippen molar-refractivity contribution in [2.45, 2.75) is 27.2 Å². The molecule has 21 heavy (non-hydrogen) atoms. The smallest absolute Gasteiger partial charge is 0.216 e. The molecular weight excluding hydrogens is 262 g/mol. The zero-order chi connectivity index (χ0) is 15.2. The van der Waals surface area contributed by atoms with Gasteiger partial charge in [-0.25, -0.2) is 0 Å². The lowest BCUT2D eigenvalue weighted by molar-refractivity contribution is -0.118. The second kappa shape index (κ2) is 6.93. The fraction of sp³-hybridized carbons (Fsp3) is 0.278. The van der Waals surface area contributed by atoms with Gasteiger partial charge in [-0.15, -0.1) is 0 Å². The lowest BCUT2D eigenvalue weighted by Crippen LogP contribution is -2.22. The lowest BCUT2D eigenvalue weighted by atomic mass is 10.1. The van der Waals surface area contributed by atoms with Crippen molar-refractivity contribution in [2.24, 2.45) is 0 Å². The number of para-hydroxylation sites is 2. The Bertz CT molecular complexity index is 615. The quantitative estimate of drug-likeness (QED) is 0.907. The van der Waals surface area contributed by atoms with Gasteiger partial charge < -0.3 is 10.1 Å². The molecule has 0 aliphatic heterocycles. The minimum atomic E-state index is -0.0110. The molecule has 0 bridgehead atoms. The molecule has 2 rings (SSSR count). The number of nitrogens with one attached hydrogen (secondary N) is 1. The van der Waals surface area contributed by atoms with Gasteiger partial charge in [0.1, 0.15) is 11.5 Å². The first-order chi connectivity index (χ1) is 10.1. The average Bonchev–Trinajstić information content (AvgIpc) is 2.44. The molecule has 3 nitrogen and oxygen atoms in total. The molecule has 0 radical (unpaired) electrons. The van der Waals surface area contributed by atoms with Crippen LogP contribution in [0.5, 0.6) is 11.5 Å². The maximum atomic E-state index is 11.0. The summed E-state index contributed by atoms with van der Waals surface area (Å²) in [5.41, 5.74) is 3.33. The van der Waals surface area contributed by atoms with Crippen molar-refractivity contribution >= 4 is 5.91 Å². The molecule has 2 aromatic carbocycles. The summed E-state index contributed by atoms with van der Waals surface area (Å²) in [5, 5.41) is 2.81. The van der Waals surface area contributed by atoms with Crippen LogP contribution in [0.2, 0.25) is 0 Å². The summed E-state index contributed by atoms with van der Waals surface area (Å²) in [6.45, 7) is 6.23. The van der Waals surface area contributed by atoms with Gasteiger partial charge in [-0.05, 0) is 43.0 Å². The molecule has 1 amide bonds. The van der Waals surface area contributed by atoms with E-state index in [-0.39, 0.29) is 5.91 Å². The van der Waals surface area contributed by atoms with Crippen LogP contribution in [0.1, 0.15) is 23.6 Å². The van der Waals surface area contributed by atoms with Crippen molar-refractivity contribution in [3.63, 3.8) is 0 Å². The predicted octanol–water partition coefficient (Wildman–Crippen LogP) is 3.77. The minimum Gasteiger partial charge on any atom is -0.457 e. The molecule has 0 saturated heterocycles. The molecule has 0 unspecified atom stereocenters. The van der Waals surface area contributed by atoms with E-state index in [2.05, 4.69) is 5.32 Å². The van der Waals surface area contributed by atoms with Crippen LogP contribution in [0.4, 0.5) is 0 Å². The molecule has 0 aliphatic carbocycles. The fourth-order valence-corrected chi connectivity index (χ4v) is 2.25. The summed E-state index contributed by atoms with van der Waals surface area (Å²) >= 11 is 0. The third-order valence-electron chi connectivity index (χ3n) is 3.36. The van der Waals surface area contributed by atoms with Crippen LogP contribution < -0.4 is 10.1 Å². The van der Waals surface area contributed by atoms with E-state index in [9.17, 15) is 4.79 Å². The zero-order valence-electron chi connectivity index (χ0n) is 12.8. The number of hydrogen-bond acceptors (Lipinski definition) is 2. The van der Waals surface area contributed by atoms with Gasteiger partial charge in [0, 0.05) is 13.5 Å². The summed E-state index contributed by atoms with van der Waals surface area (Å²) in [7, 11) is 0. The van der Waals surface area contributed by atoms with E-state index in [1.54, 1.807) is 0 Å². The molecule has 0 fully saturated rings. The van der Waals surface area contributed by atoms with Gasteiger partial charge >= 0.3 is 0 Å². The van der Waals surface area contributed by atoms with E-state index in [1.165, 1.54) is 6.92 Å². The summed E-state index contributed by atoms with van der Waals surface area (Å²) in [5.74, 6) is 1.74. The summed E-state index contributed by atoms with van der Waals surface area (Å²) in [6, 6.07) is 14.1.